The number of nitrogen functional groups attached to an aromatic ring is 1. The van der Waals surface area contributed by atoms with Crippen LogP contribution in [0.15, 0.2) is 59.9 Å². The molecule has 3 N–H and O–H groups in total. The zero-order chi connectivity index (χ0) is 19.8. The van der Waals surface area contributed by atoms with E-state index < -0.39 is 0 Å². The van der Waals surface area contributed by atoms with Crippen LogP contribution in [0.2, 0.25) is 0 Å². The summed E-state index contributed by atoms with van der Waals surface area (Å²) in [5, 5.41) is 3.99. The highest BCUT2D eigenvalue weighted by molar-refractivity contribution is 5.74. The lowest BCUT2D eigenvalue weighted by atomic mass is 10.2. The minimum atomic E-state index is -0.246. The lowest BCUT2D eigenvalue weighted by Gasteiger charge is -2.15. The highest BCUT2D eigenvalue weighted by Crippen LogP contribution is 2.30. The van der Waals surface area contributed by atoms with Crippen molar-refractivity contribution in [3.05, 3.63) is 65.6 Å². The van der Waals surface area contributed by atoms with Crippen molar-refractivity contribution in [2.75, 3.05) is 11.1 Å². The number of hydrogen-bond donors (Lipinski definition) is 2. The van der Waals surface area contributed by atoms with Gasteiger partial charge in [0.1, 0.15) is 0 Å². The van der Waals surface area contributed by atoms with E-state index in [1.165, 1.54) is 0 Å². The average molecular weight is 387 g/mol. The number of aromatic nitrogens is 5. The van der Waals surface area contributed by atoms with Crippen molar-refractivity contribution in [3.8, 4) is 5.69 Å². The van der Waals surface area contributed by atoms with Crippen LogP contribution in [-0.2, 0) is 0 Å². The Hall–Kier alpha value is -3.68. The van der Waals surface area contributed by atoms with E-state index in [4.69, 9.17) is 5.73 Å². The van der Waals surface area contributed by atoms with Crippen LogP contribution in [0.3, 0.4) is 0 Å². The topological polar surface area (TPSA) is 104 Å². The van der Waals surface area contributed by atoms with Gasteiger partial charge in [-0.05, 0) is 43.2 Å². The quantitative estimate of drug-likeness (QED) is 0.556. The summed E-state index contributed by atoms with van der Waals surface area (Å²) in [4.78, 5) is 25.4. The maximum absolute atomic E-state index is 12.4. The fraction of sp³-hybridized carbons (Fsp3) is 0.238. The maximum atomic E-state index is 12.4. The van der Waals surface area contributed by atoms with Gasteiger partial charge in [0.05, 0.1) is 5.39 Å². The van der Waals surface area contributed by atoms with Gasteiger partial charge in [-0.2, -0.15) is 4.98 Å². The van der Waals surface area contributed by atoms with Gasteiger partial charge in [0, 0.05) is 47.9 Å². The molecular formula is C21H21N7O. The number of anilines is 3. The Bertz CT molecular complexity index is 1220. The summed E-state index contributed by atoms with van der Waals surface area (Å²) < 4.78 is 3.69. The van der Waals surface area contributed by atoms with Gasteiger partial charge in [-0.25, -0.2) is 14.8 Å². The van der Waals surface area contributed by atoms with E-state index in [0.717, 1.165) is 48.1 Å². The van der Waals surface area contributed by atoms with E-state index in [2.05, 4.69) is 20.3 Å². The molecule has 3 aromatic heterocycles. The molecule has 146 valence electrons. The van der Waals surface area contributed by atoms with Crippen molar-refractivity contribution < 1.29 is 0 Å². The van der Waals surface area contributed by atoms with Crippen molar-refractivity contribution in [1.29, 1.82) is 0 Å². The van der Waals surface area contributed by atoms with E-state index in [-0.39, 0.29) is 11.7 Å². The smallest absolute Gasteiger partial charge is 0.349 e. The van der Waals surface area contributed by atoms with Gasteiger partial charge in [0.2, 0.25) is 5.95 Å². The summed E-state index contributed by atoms with van der Waals surface area (Å²) in [6.45, 7) is 0. The molecule has 1 saturated carbocycles. The first-order chi connectivity index (χ1) is 14.2. The molecule has 0 saturated heterocycles. The van der Waals surface area contributed by atoms with E-state index in [1.807, 2.05) is 47.3 Å². The Kier molecular flexibility index (Phi) is 4.23. The lowest BCUT2D eigenvalue weighted by Crippen LogP contribution is -2.26. The molecule has 1 aromatic carbocycles. The van der Waals surface area contributed by atoms with Gasteiger partial charge in [-0.15, -0.1) is 0 Å². The van der Waals surface area contributed by atoms with E-state index in [0.29, 0.717) is 11.6 Å². The van der Waals surface area contributed by atoms with Crippen LogP contribution in [0, 0.1) is 0 Å². The average Bonchev–Trinajstić information content (AvgIpc) is 3.40. The number of fused-ring (bicyclic) bond motifs is 1. The first kappa shape index (κ1) is 17.4. The molecule has 8 heteroatoms. The normalized spacial score (nSPS) is 14.5. The van der Waals surface area contributed by atoms with Crippen molar-refractivity contribution in [2.24, 2.45) is 0 Å². The minimum absolute atomic E-state index is 0.162. The molecule has 1 aliphatic rings. The molecule has 1 fully saturated rings. The van der Waals surface area contributed by atoms with Crippen molar-refractivity contribution in [1.82, 2.24) is 24.1 Å². The lowest BCUT2D eigenvalue weighted by molar-refractivity contribution is 0.506. The number of rotatable bonds is 4. The standard InChI is InChI=1S/C21H21N7O/c22-15-9-10-27(13-15)17-7-5-16(6-8-17)25-20-23-11-14-12-24-21(29)28(19(14)26-20)18-3-1-2-4-18/h5-13,18H,1-4,22H2,(H,23,25,26). The minimum Gasteiger partial charge on any atom is -0.397 e. The third-order valence-electron chi connectivity index (χ3n) is 5.37. The second kappa shape index (κ2) is 7.05. The summed E-state index contributed by atoms with van der Waals surface area (Å²) in [7, 11) is 0. The summed E-state index contributed by atoms with van der Waals surface area (Å²) >= 11 is 0. The molecule has 0 radical (unpaired) electrons. The highest BCUT2D eigenvalue weighted by Gasteiger charge is 2.21. The summed E-state index contributed by atoms with van der Waals surface area (Å²) in [5.74, 6) is 0.452. The van der Waals surface area contributed by atoms with Crippen LogP contribution in [0.1, 0.15) is 31.7 Å². The molecule has 0 spiro atoms. The second-order valence-electron chi connectivity index (χ2n) is 7.35. The number of hydrogen-bond acceptors (Lipinski definition) is 6. The van der Waals surface area contributed by atoms with E-state index >= 15 is 0 Å². The number of nitrogens with one attached hydrogen (secondary N) is 1. The Morgan fingerprint density at radius 3 is 2.52 bits per heavy atom. The predicted molar refractivity (Wildman–Crippen MR) is 113 cm³/mol. The molecule has 3 heterocycles. The van der Waals surface area contributed by atoms with Gasteiger partial charge in [-0.3, -0.25) is 4.57 Å². The Balaban J connectivity index is 1.46. The van der Waals surface area contributed by atoms with Crippen molar-refractivity contribution >= 4 is 28.4 Å². The van der Waals surface area contributed by atoms with Gasteiger partial charge in [0.25, 0.3) is 0 Å². The SMILES string of the molecule is Nc1ccn(-c2ccc(Nc3ncc4cnc(=O)n(C5CCCC5)c4n3)cc2)c1. The number of nitrogens with zero attached hydrogens (tertiary/aromatic N) is 5. The van der Waals surface area contributed by atoms with E-state index in [9.17, 15) is 4.79 Å². The molecule has 0 amide bonds. The third-order valence-corrected chi connectivity index (χ3v) is 5.37. The molecule has 29 heavy (non-hydrogen) atoms. The number of nitrogens with two attached hydrogens (primary N) is 1. The molecular weight excluding hydrogens is 366 g/mol. The first-order valence-electron chi connectivity index (χ1n) is 9.72. The molecule has 1 aliphatic carbocycles. The maximum Gasteiger partial charge on any atom is 0.349 e. The van der Waals surface area contributed by atoms with E-state index in [1.54, 1.807) is 17.0 Å². The largest absolute Gasteiger partial charge is 0.397 e. The van der Waals surface area contributed by atoms with Crippen LogP contribution in [0.25, 0.3) is 16.7 Å². The fourth-order valence-electron chi connectivity index (χ4n) is 3.92. The summed E-state index contributed by atoms with van der Waals surface area (Å²) in [5.41, 5.74) is 8.76. The highest BCUT2D eigenvalue weighted by atomic mass is 16.1. The van der Waals surface area contributed by atoms with Gasteiger partial charge < -0.3 is 15.6 Å². The number of benzene rings is 1. The second-order valence-corrected chi connectivity index (χ2v) is 7.35. The summed E-state index contributed by atoms with van der Waals surface area (Å²) in [6.07, 6.45) is 11.3. The fourth-order valence-corrected chi connectivity index (χ4v) is 3.92. The molecule has 0 bridgehead atoms. The van der Waals surface area contributed by atoms with Crippen LogP contribution in [-0.4, -0.2) is 24.1 Å². The van der Waals surface area contributed by atoms with Crippen molar-refractivity contribution in [2.45, 2.75) is 31.7 Å². The Morgan fingerprint density at radius 1 is 1.03 bits per heavy atom. The van der Waals surface area contributed by atoms with Crippen LogP contribution in [0.4, 0.5) is 17.3 Å². The zero-order valence-corrected chi connectivity index (χ0v) is 15.8. The van der Waals surface area contributed by atoms with Gasteiger partial charge in [0.15, 0.2) is 5.65 Å². The third kappa shape index (κ3) is 3.33. The Labute approximate surface area is 167 Å². The predicted octanol–water partition coefficient (Wildman–Crippen LogP) is 3.42. The molecule has 0 aliphatic heterocycles. The summed E-state index contributed by atoms with van der Waals surface area (Å²) in [6, 6.07) is 9.90. The zero-order valence-electron chi connectivity index (χ0n) is 15.8. The monoisotopic (exact) mass is 387 g/mol. The first-order valence-corrected chi connectivity index (χ1v) is 9.72. The van der Waals surface area contributed by atoms with Crippen LogP contribution in [0.5, 0.6) is 0 Å². The Morgan fingerprint density at radius 2 is 1.79 bits per heavy atom. The molecule has 0 atom stereocenters. The van der Waals surface area contributed by atoms with Crippen LogP contribution < -0.4 is 16.7 Å². The molecule has 8 nitrogen and oxygen atoms in total. The molecule has 4 aromatic rings. The van der Waals surface area contributed by atoms with Gasteiger partial charge in [-0.1, -0.05) is 12.8 Å². The molecule has 5 rings (SSSR count). The van der Waals surface area contributed by atoms with Crippen LogP contribution >= 0.6 is 0 Å². The van der Waals surface area contributed by atoms with Gasteiger partial charge >= 0.3 is 5.69 Å². The van der Waals surface area contributed by atoms with Crippen molar-refractivity contribution in [3.63, 3.8) is 0 Å². The molecule has 0 unspecified atom stereocenters.